The Kier molecular flexibility index (Phi) is 2.90. The first-order valence-electron chi connectivity index (χ1n) is 7.82. The van der Waals surface area contributed by atoms with Crippen molar-refractivity contribution in [3.8, 4) is 11.5 Å². The summed E-state index contributed by atoms with van der Waals surface area (Å²) in [5.41, 5.74) is -0.0738. The molecular formula is C19H16O5. The lowest BCUT2D eigenvalue weighted by atomic mass is 9.75. The SMILES string of the molecule is C[C@@]1(O)CCc2c(O)c3c(c(O)c2C1)C(=O)c1ccccc1C3=O. The zero-order chi connectivity index (χ0) is 17.2. The number of aromatic hydroxyl groups is 2. The maximum Gasteiger partial charge on any atom is 0.198 e. The summed E-state index contributed by atoms with van der Waals surface area (Å²) in [5, 5.41) is 31.6. The molecule has 0 bridgehead atoms. The molecule has 0 saturated heterocycles. The lowest BCUT2D eigenvalue weighted by Gasteiger charge is -2.33. The molecule has 24 heavy (non-hydrogen) atoms. The van der Waals surface area contributed by atoms with Crippen LogP contribution >= 0.6 is 0 Å². The minimum Gasteiger partial charge on any atom is -0.507 e. The van der Waals surface area contributed by atoms with Gasteiger partial charge in [-0.15, -0.1) is 0 Å². The molecular weight excluding hydrogens is 308 g/mol. The van der Waals surface area contributed by atoms with Gasteiger partial charge in [0.15, 0.2) is 11.6 Å². The highest BCUT2D eigenvalue weighted by molar-refractivity contribution is 6.30. The quantitative estimate of drug-likeness (QED) is 0.551. The van der Waals surface area contributed by atoms with Crippen molar-refractivity contribution in [1.82, 2.24) is 0 Å². The summed E-state index contributed by atoms with van der Waals surface area (Å²) in [6.45, 7) is 1.65. The topological polar surface area (TPSA) is 94.8 Å². The highest BCUT2D eigenvalue weighted by Crippen LogP contribution is 2.46. The molecule has 0 radical (unpaired) electrons. The van der Waals surface area contributed by atoms with Crippen LogP contribution in [0.4, 0.5) is 0 Å². The predicted molar refractivity (Wildman–Crippen MR) is 85.7 cm³/mol. The van der Waals surface area contributed by atoms with Gasteiger partial charge in [0.1, 0.15) is 11.5 Å². The van der Waals surface area contributed by atoms with Crippen molar-refractivity contribution in [2.24, 2.45) is 0 Å². The van der Waals surface area contributed by atoms with Crippen LogP contribution in [-0.4, -0.2) is 32.5 Å². The normalized spacial score (nSPS) is 21.9. The van der Waals surface area contributed by atoms with Crippen molar-refractivity contribution in [2.45, 2.75) is 31.8 Å². The number of hydrogen-bond acceptors (Lipinski definition) is 5. The Morgan fingerprint density at radius 2 is 1.42 bits per heavy atom. The molecule has 0 aliphatic heterocycles. The summed E-state index contributed by atoms with van der Waals surface area (Å²) in [6.07, 6.45) is 0.862. The summed E-state index contributed by atoms with van der Waals surface area (Å²) >= 11 is 0. The van der Waals surface area contributed by atoms with E-state index < -0.39 is 17.2 Å². The molecule has 0 fully saturated rings. The Hall–Kier alpha value is -2.66. The lowest BCUT2D eigenvalue weighted by Crippen LogP contribution is -2.33. The van der Waals surface area contributed by atoms with E-state index in [1.54, 1.807) is 25.1 Å². The summed E-state index contributed by atoms with van der Waals surface area (Å²) in [4.78, 5) is 25.6. The first-order chi connectivity index (χ1) is 11.3. The molecule has 0 saturated carbocycles. The zero-order valence-corrected chi connectivity index (χ0v) is 13.1. The number of carbonyl (C=O) groups excluding carboxylic acids is 2. The van der Waals surface area contributed by atoms with Gasteiger partial charge in [0.25, 0.3) is 0 Å². The number of rotatable bonds is 0. The number of carbonyl (C=O) groups is 2. The van der Waals surface area contributed by atoms with E-state index in [1.165, 1.54) is 6.07 Å². The fourth-order valence-corrected chi connectivity index (χ4v) is 3.74. The maximum atomic E-state index is 12.8. The van der Waals surface area contributed by atoms with Crippen LogP contribution in [0.1, 0.15) is 56.3 Å². The highest BCUT2D eigenvalue weighted by atomic mass is 16.3. The standard InChI is InChI=1S/C19H16O5/c1-19(24)7-6-11-12(8-19)18(23)14-13(17(11)22)15(20)9-4-2-3-5-10(9)16(14)21/h2-5,22-24H,6-8H2,1H3/t19-/m1/s1. The van der Waals surface area contributed by atoms with Crippen molar-refractivity contribution in [2.75, 3.05) is 0 Å². The summed E-state index contributed by atoms with van der Waals surface area (Å²) in [6, 6.07) is 6.38. The van der Waals surface area contributed by atoms with Crippen molar-refractivity contribution < 1.29 is 24.9 Å². The fourth-order valence-electron chi connectivity index (χ4n) is 3.74. The van der Waals surface area contributed by atoms with E-state index in [-0.39, 0.29) is 40.2 Å². The molecule has 1 atom stereocenters. The average Bonchev–Trinajstić information content (AvgIpc) is 2.55. The van der Waals surface area contributed by atoms with Gasteiger partial charge in [-0.2, -0.15) is 0 Å². The van der Waals surface area contributed by atoms with Crippen LogP contribution in [0.3, 0.4) is 0 Å². The monoisotopic (exact) mass is 324 g/mol. The Bertz CT molecular complexity index is 924. The van der Waals surface area contributed by atoms with E-state index in [4.69, 9.17) is 0 Å². The molecule has 2 aliphatic rings. The molecule has 0 amide bonds. The third-order valence-corrected chi connectivity index (χ3v) is 5.00. The Morgan fingerprint density at radius 3 is 1.96 bits per heavy atom. The van der Waals surface area contributed by atoms with Gasteiger partial charge in [-0.3, -0.25) is 9.59 Å². The Morgan fingerprint density at radius 1 is 0.917 bits per heavy atom. The second kappa shape index (κ2) is 4.68. The summed E-state index contributed by atoms with van der Waals surface area (Å²) in [7, 11) is 0. The number of ketones is 2. The molecule has 0 spiro atoms. The van der Waals surface area contributed by atoms with Gasteiger partial charge in [0.05, 0.1) is 16.7 Å². The average molecular weight is 324 g/mol. The van der Waals surface area contributed by atoms with Crippen LogP contribution in [0.2, 0.25) is 0 Å². The van der Waals surface area contributed by atoms with Crippen LogP contribution in [0, 0.1) is 0 Å². The first kappa shape index (κ1) is 14.9. The minimum atomic E-state index is -1.02. The first-order valence-corrected chi connectivity index (χ1v) is 7.82. The number of phenols is 2. The molecule has 2 aromatic rings. The van der Waals surface area contributed by atoms with Crippen molar-refractivity contribution in [3.05, 3.63) is 57.6 Å². The van der Waals surface area contributed by atoms with Gasteiger partial charge < -0.3 is 15.3 Å². The third-order valence-electron chi connectivity index (χ3n) is 5.00. The van der Waals surface area contributed by atoms with E-state index in [0.29, 0.717) is 24.0 Å². The molecule has 2 aromatic carbocycles. The van der Waals surface area contributed by atoms with Crippen molar-refractivity contribution in [1.29, 1.82) is 0 Å². The predicted octanol–water partition coefficient (Wildman–Crippen LogP) is 2.11. The minimum absolute atomic E-state index is 0.123. The smallest absolute Gasteiger partial charge is 0.198 e. The van der Waals surface area contributed by atoms with E-state index in [2.05, 4.69) is 0 Å². The maximum absolute atomic E-state index is 12.8. The van der Waals surface area contributed by atoms with E-state index >= 15 is 0 Å². The van der Waals surface area contributed by atoms with Gasteiger partial charge in [-0.05, 0) is 19.8 Å². The molecule has 3 N–H and O–H groups in total. The second-order valence-electron chi connectivity index (χ2n) is 6.78. The lowest BCUT2D eigenvalue weighted by molar-refractivity contribution is 0.0446. The van der Waals surface area contributed by atoms with E-state index in [1.807, 2.05) is 0 Å². The number of hydrogen-bond donors (Lipinski definition) is 3. The third kappa shape index (κ3) is 1.85. The number of phenolic OH excluding ortho intramolecular Hbond substituents is 2. The molecule has 0 unspecified atom stereocenters. The van der Waals surface area contributed by atoms with Crippen LogP contribution in [0.5, 0.6) is 11.5 Å². The molecule has 2 aliphatic carbocycles. The number of benzene rings is 2. The van der Waals surface area contributed by atoms with Crippen molar-refractivity contribution in [3.63, 3.8) is 0 Å². The zero-order valence-electron chi connectivity index (χ0n) is 13.1. The number of aliphatic hydroxyl groups is 1. The van der Waals surface area contributed by atoms with Crippen molar-refractivity contribution >= 4 is 11.6 Å². The van der Waals surface area contributed by atoms with E-state index in [9.17, 15) is 24.9 Å². The molecule has 5 nitrogen and oxygen atoms in total. The van der Waals surface area contributed by atoms with Crippen LogP contribution in [-0.2, 0) is 12.8 Å². The Labute approximate surface area is 138 Å². The van der Waals surface area contributed by atoms with Crippen LogP contribution in [0.25, 0.3) is 0 Å². The summed E-state index contributed by atoms with van der Waals surface area (Å²) in [5.74, 6) is -1.50. The largest absolute Gasteiger partial charge is 0.507 e. The van der Waals surface area contributed by atoms with E-state index in [0.717, 1.165) is 0 Å². The number of fused-ring (bicyclic) bond motifs is 3. The second-order valence-corrected chi connectivity index (χ2v) is 6.78. The molecule has 0 heterocycles. The Balaban J connectivity index is 2.04. The van der Waals surface area contributed by atoms with Gasteiger partial charge in [-0.25, -0.2) is 0 Å². The van der Waals surface area contributed by atoms with Gasteiger partial charge in [-0.1, -0.05) is 24.3 Å². The van der Waals surface area contributed by atoms with Crippen LogP contribution < -0.4 is 0 Å². The van der Waals surface area contributed by atoms with Gasteiger partial charge >= 0.3 is 0 Å². The highest BCUT2D eigenvalue weighted by Gasteiger charge is 2.40. The fraction of sp³-hybridized carbons (Fsp3) is 0.263. The molecule has 0 aromatic heterocycles. The van der Waals surface area contributed by atoms with Gasteiger partial charge in [0.2, 0.25) is 0 Å². The molecule has 122 valence electrons. The molecule has 4 rings (SSSR count). The molecule has 5 heteroatoms. The summed E-state index contributed by atoms with van der Waals surface area (Å²) < 4.78 is 0. The van der Waals surface area contributed by atoms with Crippen LogP contribution in [0.15, 0.2) is 24.3 Å². The van der Waals surface area contributed by atoms with Gasteiger partial charge in [0, 0.05) is 28.7 Å².